The van der Waals surface area contributed by atoms with Crippen molar-refractivity contribution in [2.24, 2.45) is 0 Å². The molecule has 3 rings (SSSR count). The zero-order chi connectivity index (χ0) is 21.0. The molecule has 7 nitrogen and oxygen atoms in total. The minimum atomic E-state index is -4.74. The number of ether oxygens (including phenoxy) is 1. The number of hydrogen-bond donors (Lipinski definition) is 2. The highest BCUT2D eigenvalue weighted by Crippen LogP contribution is 2.31. The molecule has 1 aliphatic rings. The number of hydrogen-bond acceptors (Lipinski definition) is 4. The molecule has 10 heteroatoms. The van der Waals surface area contributed by atoms with Crippen molar-refractivity contribution in [2.75, 3.05) is 13.1 Å². The molecule has 29 heavy (non-hydrogen) atoms. The van der Waals surface area contributed by atoms with E-state index in [1.807, 2.05) is 17.5 Å². The van der Waals surface area contributed by atoms with Crippen LogP contribution >= 0.6 is 0 Å². The van der Waals surface area contributed by atoms with Crippen molar-refractivity contribution in [3.8, 4) is 11.6 Å². The maximum absolute atomic E-state index is 13.1. The molecular formula is C19H16F3N3O4. The van der Waals surface area contributed by atoms with E-state index in [0.717, 1.165) is 6.07 Å². The molecule has 0 unspecified atom stereocenters. The van der Waals surface area contributed by atoms with E-state index >= 15 is 0 Å². The van der Waals surface area contributed by atoms with Crippen LogP contribution in [0.5, 0.6) is 11.6 Å². The average molecular weight is 407 g/mol. The summed E-state index contributed by atoms with van der Waals surface area (Å²) in [6.45, 7) is 0.621. The predicted molar refractivity (Wildman–Crippen MR) is 95.7 cm³/mol. The Labute approximate surface area is 163 Å². The molecule has 0 saturated carbocycles. The highest BCUT2D eigenvalue weighted by Gasteiger charge is 2.33. The van der Waals surface area contributed by atoms with Crippen LogP contribution in [-0.4, -0.2) is 40.1 Å². The summed E-state index contributed by atoms with van der Waals surface area (Å²) in [6.07, 6.45) is -2.40. The summed E-state index contributed by atoms with van der Waals surface area (Å²) in [5.74, 6) is -0.467. The monoisotopic (exact) mass is 407 g/mol. The van der Waals surface area contributed by atoms with E-state index in [0.29, 0.717) is 18.7 Å². The number of amides is 2. The van der Waals surface area contributed by atoms with Crippen LogP contribution in [0, 0.1) is 0 Å². The van der Waals surface area contributed by atoms with Crippen LogP contribution in [0.15, 0.2) is 48.6 Å². The Morgan fingerprint density at radius 2 is 1.90 bits per heavy atom. The van der Waals surface area contributed by atoms with Gasteiger partial charge in [0.25, 0.3) is 5.91 Å². The van der Waals surface area contributed by atoms with Gasteiger partial charge >= 0.3 is 12.3 Å². The summed E-state index contributed by atoms with van der Waals surface area (Å²) in [5.41, 5.74) is -0.862. The summed E-state index contributed by atoms with van der Waals surface area (Å²) < 4.78 is 44.8. The Morgan fingerprint density at radius 1 is 1.17 bits per heavy atom. The number of carboxylic acid groups (broad SMARTS) is 1. The van der Waals surface area contributed by atoms with Gasteiger partial charge in [-0.15, -0.1) is 0 Å². The Hall–Kier alpha value is -3.56. The Kier molecular flexibility index (Phi) is 5.71. The molecule has 152 valence electrons. The molecule has 0 fully saturated rings. The molecule has 2 N–H and O–H groups in total. The molecule has 0 spiro atoms. The lowest BCUT2D eigenvalue weighted by molar-refractivity contribution is -0.141. The first-order valence-corrected chi connectivity index (χ1v) is 8.49. The number of nitrogens with one attached hydrogen (secondary N) is 1. The fourth-order valence-corrected chi connectivity index (χ4v) is 2.68. The molecule has 2 heterocycles. The molecular weight excluding hydrogens is 391 g/mol. The van der Waals surface area contributed by atoms with Gasteiger partial charge in [0.2, 0.25) is 5.88 Å². The van der Waals surface area contributed by atoms with Crippen LogP contribution in [0.4, 0.5) is 18.0 Å². The van der Waals surface area contributed by atoms with Crippen LogP contribution in [0.2, 0.25) is 0 Å². The van der Waals surface area contributed by atoms with Crippen molar-refractivity contribution in [1.29, 1.82) is 0 Å². The van der Waals surface area contributed by atoms with Crippen molar-refractivity contribution in [2.45, 2.75) is 12.7 Å². The number of aromatic nitrogens is 1. The smallest absolute Gasteiger partial charge is 0.433 e. The van der Waals surface area contributed by atoms with E-state index in [2.05, 4.69) is 4.98 Å². The minimum Gasteiger partial charge on any atom is -0.465 e. The van der Waals surface area contributed by atoms with Gasteiger partial charge < -0.3 is 20.1 Å². The highest BCUT2D eigenvalue weighted by atomic mass is 19.4. The Balaban J connectivity index is 1.84. The van der Waals surface area contributed by atoms with Crippen LogP contribution in [0.25, 0.3) is 0 Å². The predicted octanol–water partition coefficient (Wildman–Crippen LogP) is 3.67. The number of alkyl halides is 3. The fraction of sp³-hybridized carbons (Fsp3) is 0.211. The average Bonchev–Trinajstić information content (AvgIpc) is 3.20. The second-order valence-corrected chi connectivity index (χ2v) is 6.17. The fourth-order valence-electron chi connectivity index (χ4n) is 2.68. The number of halogens is 3. The van der Waals surface area contributed by atoms with Crippen molar-refractivity contribution in [3.05, 3.63) is 65.4 Å². The van der Waals surface area contributed by atoms with E-state index < -0.39 is 18.0 Å². The SMILES string of the molecule is O=C(O)NCc1cc(Oc2cccc(C(=O)N3CC=CC3)c2)nc(C(F)(F)F)c1. The van der Waals surface area contributed by atoms with Gasteiger partial charge in [0.05, 0.1) is 0 Å². The Bertz CT molecular complexity index is 952. The van der Waals surface area contributed by atoms with Gasteiger partial charge in [-0.3, -0.25) is 4.79 Å². The molecule has 1 aromatic carbocycles. The molecule has 1 aliphatic heterocycles. The van der Waals surface area contributed by atoms with Crippen molar-refractivity contribution < 1.29 is 32.6 Å². The second kappa shape index (κ2) is 8.21. The number of carbonyl (C=O) groups excluding carboxylic acids is 1. The van der Waals surface area contributed by atoms with Crippen LogP contribution in [0.1, 0.15) is 21.6 Å². The molecule has 0 saturated heterocycles. The third kappa shape index (κ3) is 5.24. The first-order chi connectivity index (χ1) is 13.7. The highest BCUT2D eigenvalue weighted by molar-refractivity contribution is 5.95. The largest absolute Gasteiger partial charge is 0.465 e. The molecule has 0 radical (unpaired) electrons. The van der Waals surface area contributed by atoms with Crippen molar-refractivity contribution in [3.63, 3.8) is 0 Å². The summed E-state index contributed by atoms with van der Waals surface area (Å²) in [6, 6.07) is 7.96. The number of carbonyl (C=O) groups is 2. The van der Waals surface area contributed by atoms with E-state index in [-0.39, 0.29) is 29.6 Å². The standard InChI is InChI=1S/C19H16F3N3O4/c20-19(21,22)15-8-12(11-23-18(27)28)9-16(24-15)29-14-5-3-4-13(10-14)17(26)25-6-1-2-7-25/h1-5,8-10,23H,6-7,11H2,(H,27,28). The van der Waals surface area contributed by atoms with Crippen LogP contribution in [-0.2, 0) is 12.7 Å². The van der Waals surface area contributed by atoms with Gasteiger partial charge in [-0.25, -0.2) is 9.78 Å². The molecule has 0 atom stereocenters. The summed E-state index contributed by atoms with van der Waals surface area (Å²) in [5, 5.41) is 10.7. The topological polar surface area (TPSA) is 91.8 Å². The van der Waals surface area contributed by atoms with Gasteiger partial charge in [-0.2, -0.15) is 13.2 Å². The zero-order valence-corrected chi connectivity index (χ0v) is 14.9. The van der Waals surface area contributed by atoms with E-state index in [1.165, 1.54) is 18.2 Å². The van der Waals surface area contributed by atoms with E-state index in [1.54, 1.807) is 17.0 Å². The minimum absolute atomic E-state index is 0.0279. The Morgan fingerprint density at radius 3 is 2.55 bits per heavy atom. The molecule has 2 amide bonds. The number of pyridine rings is 1. The van der Waals surface area contributed by atoms with Crippen LogP contribution in [0.3, 0.4) is 0 Å². The summed E-state index contributed by atoms with van der Waals surface area (Å²) in [7, 11) is 0. The third-order valence-corrected chi connectivity index (χ3v) is 4.00. The lowest BCUT2D eigenvalue weighted by Gasteiger charge is -2.16. The molecule has 0 bridgehead atoms. The third-order valence-electron chi connectivity index (χ3n) is 4.00. The van der Waals surface area contributed by atoms with Gasteiger partial charge in [0.15, 0.2) is 0 Å². The summed E-state index contributed by atoms with van der Waals surface area (Å²) in [4.78, 5) is 28.1. The van der Waals surface area contributed by atoms with E-state index in [4.69, 9.17) is 9.84 Å². The number of benzene rings is 1. The van der Waals surface area contributed by atoms with Crippen molar-refractivity contribution >= 4 is 12.0 Å². The maximum atomic E-state index is 13.1. The zero-order valence-electron chi connectivity index (χ0n) is 14.9. The van der Waals surface area contributed by atoms with Crippen LogP contribution < -0.4 is 10.1 Å². The quantitative estimate of drug-likeness (QED) is 0.738. The molecule has 2 aromatic rings. The molecule has 0 aliphatic carbocycles. The van der Waals surface area contributed by atoms with Gasteiger partial charge in [-0.1, -0.05) is 18.2 Å². The maximum Gasteiger partial charge on any atom is 0.433 e. The van der Waals surface area contributed by atoms with Gasteiger partial charge in [0, 0.05) is 31.3 Å². The van der Waals surface area contributed by atoms with Gasteiger partial charge in [-0.05, 0) is 29.8 Å². The van der Waals surface area contributed by atoms with E-state index in [9.17, 15) is 22.8 Å². The second-order valence-electron chi connectivity index (χ2n) is 6.17. The molecule has 1 aromatic heterocycles. The normalized spacial score (nSPS) is 13.4. The first-order valence-electron chi connectivity index (χ1n) is 8.49. The van der Waals surface area contributed by atoms with Gasteiger partial charge in [0.1, 0.15) is 11.4 Å². The number of nitrogens with zero attached hydrogens (tertiary/aromatic N) is 2. The lowest BCUT2D eigenvalue weighted by atomic mass is 10.2. The summed E-state index contributed by atoms with van der Waals surface area (Å²) >= 11 is 0. The lowest BCUT2D eigenvalue weighted by Crippen LogP contribution is -2.28. The first kappa shape index (κ1) is 20.2. The number of rotatable bonds is 5. The van der Waals surface area contributed by atoms with Crippen molar-refractivity contribution in [1.82, 2.24) is 15.2 Å².